The molecular weight excluding hydrogens is 511 g/mol. The van der Waals surface area contributed by atoms with Crippen molar-refractivity contribution in [3.05, 3.63) is 77.3 Å². The second-order valence-corrected chi connectivity index (χ2v) is 9.71. The summed E-state index contributed by atoms with van der Waals surface area (Å²) in [4.78, 5) is 28.6. The van der Waals surface area contributed by atoms with Gasteiger partial charge in [-0.05, 0) is 67.6 Å². The predicted octanol–water partition coefficient (Wildman–Crippen LogP) is 5.75. The van der Waals surface area contributed by atoms with Crippen molar-refractivity contribution in [1.29, 1.82) is 0 Å². The van der Waals surface area contributed by atoms with E-state index in [-0.39, 0.29) is 17.9 Å². The molecule has 1 fully saturated rings. The first-order chi connectivity index (χ1) is 18.3. The zero-order chi connectivity index (χ0) is 26.8. The van der Waals surface area contributed by atoms with Gasteiger partial charge in [-0.2, -0.15) is 0 Å². The Morgan fingerprint density at radius 1 is 1.08 bits per heavy atom. The Hall–Kier alpha value is -4.11. The largest absolute Gasteiger partial charge is 0.481 e. The monoisotopic (exact) mass is 536 g/mol. The van der Waals surface area contributed by atoms with Crippen LogP contribution in [0.15, 0.2) is 60.9 Å². The number of halogens is 2. The lowest BCUT2D eigenvalue weighted by atomic mass is 9.86. The van der Waals surface area contributed by atoms with E-state index in [0.29, 0.717) is 53.1 Å². The van der Waals surface area contributed by atoms with Crippen LogP contribution in [0, 0.1) is 11.7 Å². The molecule has 8 nitrogen and oxygen atoms in total. The van der Waals surface area contributed by atoms with Crippen molar-refractivity contribution in [3.8, 4) is 17.0 Å². The summed E-state index contributed by atoms with van der Waals surface area (Å²) in [5, 5.41) is 12.9. The molecule has 4 aromatic rings. The number of hydrogen-bond acceptors (Lipinski definition) is 5. The maximum absolute atomic E-state index is 14.6. The number of benzene rings is 2. The van der Waals surface area contributed by atoms with Crippen molar-refractivity contribution >= 4 is 40.1 Å². The molecule has 1 aliphatic carbocycles. The summed E-state index contributed by atoms with van der Waals surface area (Å²) in [5.74, 6) is -1.57. The van der Waals surface area contributed by atoms with Crippen LogP contribution < -0.4 is 15.5 Å². The molecule has 0 saturated heterocycles. The predicted molar refractivity (Wildman–Crippen MR) is 143 cm³/mol. The third-order valence-corrected chi connectivity index (χ3v) is 7.19. The number of carboxylic acid groups (broad SMARTS) is 1. The first-order valence-electron chi connectivity index (χ1n) is 12.2. The number of carbonyl (C=O) groups is 2. The SMILES string of the molecule is COc1ncc(-c2ccc(Nn3ccc4c(F)ccc(C(=O)NC5CCC(C(=O)O)CC5)c43)cc2)cc1Cl. The first-order valence-corrected chi connectivity index (χ1v) is 12.6. The van der Waals surface area contributed by atoms with E-state index >= 15 is 0 Å². The van der Waals surface area contributed by atoms with Crippen molar-refractivity contribution in [2.75, 3.05) is 12.5 Å². The number of aromatic nitrogens is 2. The minimum Gasteiger partial charge on any atom is -0.481 e. The van der Waals surface area contributed by atoms with Crippen LogP contribution in [-0.4, -0.2) is 39.8 Å². The quantitative estimate of drug-likeness (QED) is 0.278. The fraction of sp³-hybridized carbons (Fsp3) is 0.250. The summed E-state index contributed by atoms with van der Waals surface area (Å²) in [7, 11) is 1.51. The topological polar surface area (TPSA) is 105 Å². The molecule has 3 N–H and O–H groups in total. The van der Waals surface area contributed by atoms with Gasteiger partial charge in [-0.25, -0.2) is 9.37 Å². The Morgan fingerprint density at radius 3 is 2.47 bits per heavy atom. The van der Waals surface area contributed by atoms with Gasteiger partial charge in [0.1, 0.15) is 10.8 Å². The van der Waals surface area contributed by atoms with Crippen molar-refractivity contribution in [2.45, 2.75) is 31.7 Å². The molecule has 196 valence electrons. The van der Waals surface area contributed by atoms with Crippen LogP contribution in [0.1, 0.15) is 36.0 Å². The number of carbonyl (C=O) groups excluding carboxylic acids is 1. The van der Waals surface area contributed by atoms with Gasteiger partial charge in [0.05, 0.1) is 29.8 Å². The number of rotatable bonds is 7. The van der Waals surface area contributed by atoms with Crippen molar-refractivity contribution in [2.24, 2.45) is 5.92 Å². The fourth-order valence-electron chi connectivity index (χ4n) is 4.86. The maximum atomic E-state index is 14.6. The molecule has 0 radical (unpaired) electrons. The van der Waals surface area contributed by atoms with Crippen LogP contribution in [0.3, 0.4) is 0 Å². The maximum Gasteiger partial charge on any atom is 0.306 e. The van der Waals surface area contributed by atoms with Gasteiger partial charge in [-0.1, -0.05) is 23.7 Å². The molecule has 1 saturated carbocycles. The molecule has 2 aromatic heterocycles. The highest BCUT2D eigenvalue weighted by atomic mass is 35.5. The summed E-state index contributed by atoms with van der Waals surface area (Å²) in [6, 6.07) is 13.5. The number of nitrogens with one attached hydrogen (secondary N) is 2. The van der Waals surface area contributed by atoms with Crippen LogP contribution in [0.2, 0.25) is 5.02 Å². The van der Waals surface area contributed by atoms with E-state index in [4.69, 9.17) is 16.3 Å². The van der Waals surface area contributed by atoms with E-state index < -0.39 is 11.8 Å². The molecule has 2 aromatic carbocycles. The van der Waals surface area contributed by atoms with E-state index in [2.05, 4.69) is 15.7 Å². The second-order valence-electron chi connectivity index (χ2n) is 9.31. The molecule has 2 heterocycles. The minimum absolute atomic E-state index is 0.122. The lowest BCUT2D eigenvalue weighted by Gasteiger charge is -2.27. The van der Waals surface area contributed by atoms with Crippen molar-refractivity contribution < 1.29 is 23.8 Å². The molecule has 0 atom stereocenters. The lowest BCUT2D eigenvalue weighted by molar-refractivity contribution is -0.142. The molecule has 10 heteroatoms. The number of amides is 1. The number of ether oxygens (including phenoxy) is 1. The highest BCUT2D eigenvalue weighted by molar-refractivity contribution is 6.32. The van der Waals surface area contributed by atoms with Gasteiger partial charge in [0.15, 0.2) is 0 Å². The van der Waals surface area contributed by atoms with E-state index in [0.717, 1.165) is 16.8 Å². The number of fused-ring (bicyclic) bond motifs is 1. The van der Waals surface area contributed by atoms with Gasteiger partial charge in [0, 0.05) is 29.4 Å². The minimum atomic E-state index is -0.795. The average molecular weight is 537 g/mol. The number of methoxy groups -OCH3 is 1. The number of anilines is 1. The Balaban J connectivity index is 1.36. The molecule has 0 bridgehead atoms. The second kappa shape index (κ2) is 10.7. The highest BCUT2D eigenvalue weighted by Crippen LogP contribution is 2.30. The molecule has 38 heavy (non-hydrogen) atoms. The summed E-state index contributed by atoms with van der Waals surface area (Å²) in [5.41, 5.74) is 6.41. The van der Waals surface area contributed by atoms with Crippen LogP contribution in [0.25, 0.3) is 22.0 Å². The fourth-order valence-corrected chi connectivity index (χ4v) is 5.10. The first kappa shape index (κ1) is 25.5. The number of hydrogen-bond donors (Lipinski definition) is 3. The van der Waals surface area contributed by atoms with Crippen LogP contribution in [-0.2, 0) is 4.79 Å². The van der Waals surface area contributed by atoms with Crippen molar-refractivity contribution in [3.63, 3.8) is 0 Å². The zero-order valence-electron chi connectivity index (χ0n) is 20.6. The molecule has 1 aliphatic rings. The summed E-state index contributed by atoms with van der Waals surface area (Å²) < 4.78 is 21.4. The van der Waals surface area contributed by atoms with E-state index in [1.807, 2.05) is 24.3 Å². The van der Waals surface area contributed by atoms with Crippen molar-refractivity contribution in [1.82, 2.24) is 15.0 Å². The zero-order valence-corrected chi connectivity index (χ0v) is 21.3. The molecule has 1 amide bonds. The normalized spacial score (nSPS) is 17.2. The van der Waals surface area contributed by atoms with Gasteiger partial charge >= 0.3 is 5.97 Å². The molecule has 0 unspecified atom stereocenters. The molecular formula is C28H26ClFN4O4. The van der Waals surface area contributed by atoms with Gasteiger partial charge < -0.3 is 15.2 Å². The van der Waals surface area contributed by atoms with E-state index in [1.54, 1.807) is 29.2 Å². The van der Waals surface area contributed by atoms with E-state index in [1.165, 1.54) is 19.2 Å². The van der Waals surface area contributed by atoms with Gasteiger partial charge in [0.25, 0.3) is 5.91 Å². The van der Waals surface area contributed by atoms with Gasteiger partial charge in [-0.3, -0.25) is 19.7 Å². The third kappa shape index (κ3) is 5.15. The number of pyridine rings is 1. The van der Waals surface area contributed by atoms with Gasteiger partial charge in [-0.15, -0.1) is 0 Å². The molecule has 5 rings (SSSR count). The third-order valence-electron chi connectivity index (χ3n) is 6.92. The van der Waals surface area contributed by atoms with Crippen LogP contribution >= 0.6 is 11.6 Å². The Bertz CT molecular complexity index is 1500. The van der Waals surface area contributed by atoms with Crippen LogP contribution in [0.4, 0.5) is 10.1 Å². The lowest BCUT2D eigenvalue weighted by Crippen LogP contribution is -2.39. The van der Waals surface area contributed by atoms with Crippen LogP contribution in [0.5, 0.6) is 5.88 Å². The summed E-state index contributed by atoms with van der Waals surface area (Å²) in [6.45, 7) is 0. The number of carboxylic acids is 1. The average Bonchev–Trinajstić information content (AvgIpc) is 3.34. The Labute approximate surface area is 223 Å². The summed E-state index contributed by atoms with van der Waals surface area (Å²) >= 11 is 6.20. The standard InChI is InChI=1S/C28H26ClFN4O4/c1-38-27-23(29)14-18(15-31-27)16-2-8-20(9-3-16)33-34-13-12-21-24(30)11-10-22(25(21)34)26(35)32-19-6-4-17(5-7-19)28(36)37/h2-3,8-15,17,19,33H,4-7H2,1H3,(H,32,35)(H,36,37). The Kier molecular flexibility index (Phi) is 7.20. The smallest absolute Gasteiger partial charge is 0.306 e. The summed E-state index contributed by atoms with van der Waals surface area (Å²) in [6.07, 6.45) is 5.57. The van der Waals surface area contributed by atoms with Gasteiger partial charge in [0.2, 0.25) is 5.88 Å². The Morgan fingerprint density at radius 2 is 1.82 bits per heavy atom. The molecule has 0 spiro atoms. The molecule has 0 aliphatic heterocycles. The number of nitrogens with zero attached hydrogens (tertiary/aromatic N) is 2. The van der Waals surface area contributed by atoms with E-state index in [9.17, 15) is 19.1 Å². The highest BCUT2D eigenvalue weighted by Gasteiger charge is 2.27. The number of aliphatic carboxylic acids is 1.